The molecule has 3 N–H and O–H groups in total. The first-order valence-corrected chi connectivity index (χ1v) is 11.0. The maximum absolute atomic E-state index is 12.1. The van der Waals surface area contributed by atoms with Crippen molar-refractivity contribution < 1.29 is 19.5 Å². The molecular weight excluding hydrogens is 430 g/mol. The van der Waals surface area contributed by atoms with Crippen LogP contribution in [0.25, 0.3) is 10.6 Å². The van der Waals surface area contributed by atoms with Crippen molar-refractivity contribution in [1.29, 1.82) is 0 Å². The lowest BCUT2D eigenvalue weighted by atomic mass is 10.3. The number of benzene rings is 1. The quantitative estimate of drug-likeness (QED) is 0.355. The first kappa shape index (κ1) is 20.8. The summed E-state index contributed by atoms with van der Waals surface area (Å²) in [5.41, 5.74) is 1.38. The second kappa shape index (κ2) is 10.0. The predicted molar refractivity (Wildman–Crippen MR) is 117 cm³/mol. The van der Waals surface area contributed by atoms with E-state index < -0.39 is 11.9 Å². The van der Waals surface area contributed by atoms with Crippen molar-refractivity contribution in [3.63, 3.8) is 0 Å². The third kappa shape index (κ3) is 6.56. The second-order valence-electron chi connectivity index (χ2n) is 5.54. The van der Waals surface area contributed by atoms with E-state index in [1.165, 1.54) is 23.1 Å². The summed E-state index contributed by atoms with van der Waals surface area (Å²) in [6.07, 6.45) is 1.71. The van der Waals surface area contributed by atoms with Gasteiger partial charge in [-0.2, -0.15) is 0 Å². The molecule has 0 fully saturated rings. The Labute approximate surface area is 178 Å². The minimum atomic E-state index is -1.19. The lowest BCUT2D eigenvalue weighted by molar-refractivity contribution is -0.131. The van der Waals surface area contributed by atoms with E-state index in [0.717, 1.165) is 27.6 Å². The van der Waals surface area contributed by atoms with E-state index in [0.29, 0.717) is 10.8 Å². The molecule has 3 rings (SSSR count). The third-order valence-corrected chi connectivity index (χ3v) is 6.06. The van der Waals surface area contributed by atoms with Crippen LogP contribution in [-0.2, 0) is 14.4 Å². The van der Waals surface area contributed by atoms with Crippen LogP contribution in [0, 0.1) is 0 Å². The van der Waals surface area contributed by atoms with Gasteiger partial charge in [0.25, 0.3) is 0 Å². The molecule has 10 heteroatoms. The highest BCUT2D eigenvalue weighted by atomic mass is 32.2. The topological polar surface area (TPSA) is 108 Å². The molecule has 148 valence electrons. The van der Waals surface area contributed by atoms with Crippen LogP contribution in [0.5, 0.6) is 0 Å². The van der Waals surface area contributed by atoms with Gasteiger partial charge in [-0.25, -0.2) is 9.78 Å². The number of thioether (sulfide) groups is 1. The van der Waals surface area contributed by atoms with Crippen LogP contribution in [0.2, 0.25) is 0 Å². The Kier molecular flexibility index (Phi) is 7.17. The number of hydrogen-bond donors (Lipinski definition) is 3. The van der Waals surface area contributed by atoms with Gasteiger partial charge >= 0.3 is 5.97 Å². The van der Waals surface area contributed by atoms with Crippen molar-refractivity contribution in [3.8, 4) is 10.6 Å². The summed E-state index contributed by atoms with van der Waals surface area (Å²) in [7, 11) is 0. The molecule has 0 bridgehead atoms. The van der Waals surface area contributed by atoms with Crippen LogP contribution in [0.3, 0.4) is 0 Å². The van der Waals surface area contributed by atoms with Crippen LogP contribution < -0.4 is 10.6 Å². The average Bonchev–Trinajstić information content (AvgIpc) is 3.37. The molecule has 0 saturated carbocycles. The number of anilines is 2. The lowest BCUT2D eigenvalue weighted by Crippen LogP contribution is -2.13. The Morgan fingerprint density at radius 1 is 1.07 bits per heavy atom. The lowest BCUT2D eigenvalue weighted by Gasteiger charge is -2.05. The Balaban J connectivity index is 1.46. The largest absolute Gasteiger partial charge is 0.478 e. The first-order valence-electron chi connectivity index (χ1n) is 8.24. The van der Waals surface area contributed by atoms with E-state index in [1.807, 2.05) is 22.9 Å². The highest BCUT2D eigenvalue weighted by Crippen LogP contribution is 2.28. The summed E-state index contributed by atoms with van der Waals surface area (Å²) in [6, 6.07) is 10.8. The third-order valence-electron chi connectivity index (χ3n) is 3.39. The van der Waals surface area contributed by atoms with Gasteiger partial charge in [0.1, 0.15) is 0 Å². The number of thiazole rings is 1. The molecule has 2 amide bonds. The minimum Gasteiger partial charge on any atom is -0.478 e. The molecule has 29 heavy (non-hydrogen) atoms. The van der Waals surface area contributed by atoms with Gasteiger partial charge in [-0.15, -0.1) is 34.4 Å². The zero-order valence-corrected chi connectivity index (χ0v) is 17.3. The Morgan fingerprint density at radius 2 is 1.86 bits per heavy atom. The number of carbonyl (C=O) groups is 3. The number of amides is 2. The number of carbonyl (C=O) groups excluding carboxylic acids is 2. The van der Waals surface area contributed by atoms with Gasteiger partial charge in [-0.05, 0) is 35.7 Å². The van der Waals surface area contributed by atoms with Crippen molar-refractivity contribution in [2.24, 2.45) is 0 Å². The number of nitrogens with one attached hydrogen (secondary N) is 2. The van der Waals surface area contributed by atoms with Gasteiger partial charge in [0, 0.05) is 28.1 Å². The smallest absolute Gasteiger partial charge is 0.328 e. The molecule has 0 aliphatic rings. The molecule has 0 atom stereocenters. The van der Waals surface area contributed by atoms with Crippen molar-refractivity contribution in [3.05, 3.63) is 59.3 Å². The number of aromatic nitrogens is 1. The number of thiophene rings is 1. The van der Waals surface area contributed by atoms with Crippen LogP contribution in [0.15, 0.2) is 64.2 Å². The molecule has 1 aromatic carbocycles. The molecule has 0 spiro atoms. The van der Waals surface area contributed by atoms with E-state index in [2.05, 4.69) is 15.6 Å². The average molecular weight is 446 g/mol. The second-order valence-corrected chi connectivity index (χ2v) is 8.39. The molecule has 0 saturated heterocycles. The fourth-order valence-electron chi connectivity index (χ4n) is 2.14. The van der Waals surface area contributed by atoms with Gasteiger partial charge in [0.15, 0.2) is 5.13 Å². The number of carboxylic acid groups (broad SMARTS) is 1. The molecule has 0 radical (unpaired) electrons. The van der Waals surface area contributed by atoms with Crippen molar-refractivity contribution in [1.82, 2.24) is 4.98 Å². The summed E-state index contributed by atoms with van der Waals surface area (Å²) in [5, 5.41) is 18.3. The molecule has 0 aliphatic heterocycles. The number of hydrogen-bond acceptors (Lipinski definition) is 7. The maximum Gasteiger partial charge on any atom is 0.328 e. The number of carboxylic acids is 1. The van der Waals surface area contributed by atoms with Crippen LogP contribution in [0.1, 0.15) is 0 Å². The van der Waals surface area contributed by atoms with Crippen LogP contribution in [0.4, 0.5) is 10.8 Å². The fourth-order valence-corrected chi connectivity index (χ4v) is 4.32. The van der Waals surface area contributed by atoms with E-state index in [9.17, 15) is 14.4 Å². The Bertz CT molecular complexity index is 1030. The van der Waals surface area contributed by atoms with E-state index in [4.69, 9.17) is 5.11 Å². The minimum absolute atomic E-state index is 0.154. The number of aliphatic carboxylic acids is 1. The zero-order valence-electron chi connectivity index (χ0n) is 14.8. The molecule has 7 nitrogen and oxygen atoms in total. The van der Waals surface area contributed by atoms with Gasteiger partial charge in [0.05, 0.1) is 16.3 Å². The fraction of sp³-hybridized carbons (Fsp3) is 0.0526. The van der Waals surface area contributed by atoms with Gasteiger partial charge < -0.3 is 15.7 Å². The van der Waals surface area contributed by atoms with Gasteiger partial charge in [-0.3, -0.25) is 9.59 Å². The highest BCUT2D eigenvalue weighted by Gasteiger charge is 2.09. The van der Waals surface area contributed by atoms with E-state index in [1.54, 1.807) is 35.6 Å². The standard InChI is InChI=1S/C19H15N3O4S3/c23-16(7-8-18(25)26)20-12-3-5-13(6-4-12)28-11-17(24)22-19-21-14(10-29-19)15-2-1-9-27-15/h1-10H,11H2,(H,20,23)(H,25,26)(H,21,22,24)/b8-7+. The van der Waals surface area contributed by atoms with Gasteiger partial charge in [-0.1, -0.05) is 6.07 Å². The molecule has 2 aromatic heterocycles. The predicted octanol–water partition coefficient (Wildman–Crippen LogP) is 4.18. The van der Waals surface area contributed by atoms with E-state index >= 15 is 0 Å². The SMILES string of the molecule is O=C(O)/C=C/C(=O)Nc1ccc(SCC(=O)Nc2nc(-c3cccs3)cs2)cc1. The summed E-state index contributed by atoms with van der Waals surface area (Å²) in [5.74, 6) is -1.65. The summed E-state index contributed by atoms with van der Waals surface area (Å²) in [6.45, 7) is 0. The van der Waals surface area contributed by atoms with Crippen LogP contribution in [-0.4, -0.2) is 33.6 Å². The monoisotopic (exact) mass is 445 g/mol. The Hall–Kier alpha value is -2.95. The molecule has 0 unspecified atom stereocenters. The molecule has 3 aromatic rings. The van der Waals surface area contributed by atoms with E-state index in [-0.39, 0.29) is 11.7 Å². The van der Waals surface area contributed by atoms with Crippen molar-refractivity contribution in [2.75, 3.05) is 16.4 Å². The molecular formula is C19H15N3O4S3. The maximum atomic E-state index is 12.1. The zero-order chi connectivity index (χ0) is 20.6. The number of nitrogens with zero attached hydrogens (tertiary/aromatic N) is 1. The van der Waals surface area contributed by atoms with Crippen molar-refractivity contribution in [2.45, 2.75) is 4.90 Å². The van der Waals surface area contributed by atoms with Crippen LogP contribution >= 0.6 is 34.4 Å². The Morgan fingerprint density at radius 3 is 2.55 bits per heavy atom. The summed E-state index contributed by atoms with van der Waals surface area (Å²) in [4.78, 5) is 40.4. The molecule has 2 heterocycles. The first-order chi connectivity index (χ1) is 14.0. The summed E-state index contributed by atoms with van der Waals surface area (Å²) >= 11 is 4.34. The molecule has 0 aliphatic carbocycles. The normalized spacial score (nSPS) is 10.8. The highest BCUT2D eigenvalue weighted by molar-refractivity contribution is 8.00. The van der Waals surface area contributed by atoms with Gasteiger partial charge in [0.2, 0.25) is 11.8 Å². The van der Waals surface area contributed by atoms with Crippen molar-refractivity contribution >= 4 is 63.0 Å². The number of rotatable bonds is 8. The summed E-state index contributed by atoms with van der Waals surface area (Å²) < 4.78 is 0.